The number of rotatable bonds is 2. The second-order valence-corrected chi connectivity index (χ2v) is 4.50. The van der Waals surface area contributed by atoms with E-state index in [0.29, 0.717) is 0 Å². The first-order valence-electron chi connectivity index (χ1n) is 4.70. The monoisotopic (exact) mass is 284 g/mol. The summed E-state index contributed by atoms with van der Waals surface area (Å²) in [5.74, 6) is 0.873. The Morgan fingerprint density at radius 3 is 2.93 bits per heavy atom. The van der Waals surface area contributed by atoms with Crippen molar-refractivity contribution in [2.24, 2.45) is 0 Å². The van der Waals surface area contributed by atoms with Crippen LogP contribution in [0.5, 0.6) is 0 Å². The third-order valence-corrected chi connectivity index (χ3v) is 2.91. The molecule has 2 rings (SSSR count). The summed E-state index contributed by atoms with van der Waals surface area (Å²) in [6.07, 6.45) is 1.76. The number of pyridine rings is 1. The number of halogens is 2. The Hall–Kier alpha value is -0.800. The lowest BCUT2D eigenvalue weighted by molar-refractivity contribution is 1.17. The normalized spacial score (nSPS) is 10.6. The topological polar surface area (TPSA) is 24.9 Å². The zero-order valence-corrected chi connectivity index (χ0v) is 10.6. The molecule has 78 valence electrons. The summed E-state index contributed by atoms with van der Waals surface area (Å²) in [4.78, 5) is 4.29. The van der Waals surface area contributed by atoms with E-state index in [4.69, 9.17) is 11.6 Å². The molecule has 0 radical (unpaired) electrons. The molecule has 0 fully saturated rings. The SMILES string of the molecule is CCNc1nccc2c(Cl)cc(Br)cc12. The van der Waals surface area contributed by atoms with Gasteiger partial charge >= 0.3 is 0 Å². The molecule has 0 aliphatic rings. The van der Waals surface area contributed by atoms with Crippen molar-refractivity contribution in [3.63, 3.8) is 0 Å². The number of hydrogen-bond donors (Lipinski definition) is 1. The fraction of sp³-hybridized carbons (Fsp3) is 0.182. The van der Waals surface area contributed by atoms with Crippen LogP contribution in [0.15, 0.2) is 28.9 Å². The Kier molecular flexibility index (Phi) is 3.12. The van der Waals surface area contributed by atoms with E-state index in [2.05, 4.69) is 26.2 Å². The van der Waals surface area contributed by atoms with Crippen LogP contribution in [0.1, 0.15) is 6.92 Å². The number of nitrogens with one attached hydrogen (secondary N) is 1. The van der Waals surface area contributed by atoms with Crippen molar-refractivity contribution < 1.29 is 0 Å². The minimum absolute atomic E-state index is 0.737. The molecule has 2 nitrogen and oxygen atoms in total. The molecule has 0 atom stereocenters. The highest BCUT2D eigenvalue weighted by molar-refractivity contribution is 9.10. The van der Waals surface area contributed by atoms with E-state index in [-0.39, 0.29) is 0 Å². The average molecular weight is 286 g/mol. The van der Waals surface area contributed by atoms with Crippen LogP contribution in [0, 0.1) is 0 Å². The molecule has 0 unspecified atom stereocenters. The molecule has 1 aromatic carbocycles. The van der Waals surface area contributed by atoms with Crippen LogP contribution in [0.25, 0.3) is 10.8 Å². The van der Waals surface area contributed by atoms with Gasteiger partial charge in [-0.1, -0.05) is 27.5 Å². The van der Waals surface area contributed by atoms with Crippen LogP contribution in [-0.2, 0) is 0 Å². The zero-order chi connectivity index (χ0) is 10.8. The van der Waals surface area contributed by atoms with Crippen molar-refractivity contribution in [3.8, 4) is 0 Å². The van der Waals surface area contributed by atoms with Crippen LogP contribution in [0.2, 0.25) is 5.02 Å². The molecule has 1 aromatic heterocycles. The fourth-order valence-corrected chi connectivity index (χ4v) is 2.39. The summed E-state index contributed by atoms with van der Waals surface area (Å²) < 4.78 is 0.965. The van der Waals surface area contributed by atoms with E-state index in [1.165, 1.54) is 0 Å². The maximum absolute atomic E-state index is 6.15. The van der Waals surface area contributed by atoms with Crippen molar-refractivity contribution >= 4 is 44.1 Å². The van der Waals surface area contributed by atoms with Gasteiger partial charge in [0.25, 0.3) is 0 Å². The van der Waals surface area contributed by atoms with E-state index in [1.54, 1.807) is 6.20 Å². The fourth-order valence-electron chi connectivity index (χ4n) is 1.51. The molecule has 0 spiro atoms. The van der Waals surface area contributed by atoms with Gasteiger partial charge in [-0.15, -0.1) is 0 Å². The van der Waals surface area contributed by atoms with Gasteiger partial charge in [0.2, 0.25) is 0 Å². The second-order valence-electron chi connectivity index (χ2n) is 3.17. The summed E-state index contributed by atoms with van der Waals surface area (Å²) >= 11 is 9.58. The predicted molar refractivity (Wildman–Crippen MR) is 68.6 cm³/mol. The van der Waals surface area contributed by atoms with Crippen molar-refractivity contribution in [1.29, 1.82) is 0 Å². The van der Waals surface area contributed by atoms with E-state index >= 15 is 0 Å². The summed E-state index contributed by atoms with van der Waals surface area (Å²) in [6.45, 7) is 2.89. The van der Waals surface area contributed by atoms with Crippen molar-refractivity contribution in [1.82, 2.24) is 4.98 Å². The van der Waals surface area contributed by atoms with Gasteiger partial charge in [-0.05, 0) is 25.1 Å². The van der Waals surface area contributed by atoms with Gasteiger partial charge in [0.15, 0.2) is 0 Å². The second kappa shape index (κ2) is 4.37. The molecule has 1 heterocycles. The Morgan fingerprint density at radius 1 is 1.40 bits per heavy atom. The van der Waals surface area contributed by atoms with Crippen LogP contribution < -0.4 is 5.32 Å². The molecule has 0 aliphatic heterocycles. The van der Waals surface area contributed by atoms with Crippen molar-refractivity contribution in [2.75, 3.05) is 11.9 Å². The van der Waals surface area contributed by atoms with Crippen LogP contribution in [0.4, 0.5) is 5.82 Å². The van der Waals surface area contributed by atoms with Gasteiger partial charge in [0.05, 0.1) is 0 Å². The lowest BCUT2D eigenvalue weighted by atomic mass is 10.1. The highest BCUT2D eigenvalue weighted by atomic mass is 79.9. The van der Waals surface area contributed by atoms with Crippen molar-refractivity contribution in [3.05, 3.63) is 33.9 Å². The van der Waals surface area contributed by atoms with E-state index < -0.39 is 0 Å². The summed E-state index contributed by atoms with van der Waals surface area (Å²) in [6, 6.07) is 5.83. The first-order valence-corrected chi connectivity index (χ1v) is 5.87. The van der Waals surface area contributed by atoms with Gasteiger partial charge in [-0.3, -0.25) is 0 Å². The maximum Gasteiger partial charge on any atom is 0.133 e. The van der Waals surface area contributed by atoms with Gasteiger partial charge in [0.1, 0.15) is 5.82 Å². The largest absolute Gasteiger partial charge is 0.370 e. The van der Waals surface area contributed by atoms with Crippen LogP contribution >= 0.6 is 27.5 Å². The Morgan fingerprint density at radius 2 is 2.20 bits per heavy atom. The van der Waals surface area contributed by atoms with Crippen LogP contribution in [-0.4, -0.2) is 11.5 Å². The van der Waals surface area contributed by atoms with E-state index in [0.717, 1.165) is 32.6 Å². The van der Waals surface area contributed by atoms with Crippen LogP contribution in [0.3, 0.4) is 0 Å². The summed E-state index contributed by atoms with van der Waals surface area (Å²) in [7, 11) is 0. The van der Waals surface area contributed by atoms with Crippen molar-refractivity contribution in [2.45, 2.75) is 6.92 Å². The number of hydrogen-bond acceptors (Lipinski definition) is 2. The lowest BCUT2D eigenvalue weighted by Crippen LogP contribution is -1.99. The molecule has 1 N–H and O–H groups in total. The molecule has 0 bridgehead atoms. The standard InChI is InChI=1S/C11H10BrClN2/c1-2-14-11-9-5-7(12)6-10(13)8(9)3-4-15-11/h3-6H,2H2,1H3,(H,14,15). The molecule has 15 heavy (non-hydrogen) atoms. The predicted octanol–water partition coefficient (Wildman–Crippen LogP) is 4.08. The molecule has 4 heteroatoms. The number of benzene rings is 1. The van der Waals surface area contributed by atoms with E-state index in [1.807, 2.05) is 25.1 Å². The maximum atomic E-state index is 6.15. The molecule has 0 aliphatic carbocycles. The van der Waals surface area contributed by atoms with Gasteiger partial charge in [0, 0.05) is 33.0 Å². The number of anilines is 1. The molecule has 0 amide bonds. The minimum Gasteiger partial charge on any atom is -0.370 e. The number of nitrogens with zero attached hydrogens (tertiary/aromatic N) is 1. The summed E-state index contributed by atoms with van der Waals surface area (Å²) in [5.41, 5.74) is 0. The quantitative estimate of drug-likeness (QED) is 0.899. The first-order chi connectivity index (χ1) is 7.22. The van der Waals surface area contributed by atoms with Gasteiger partial charge in [-0.25, -0.2) is 4.98 Å². The highest BCUT2D eigenvalue weighted by Gasteiger charge is 2.05. The average Bonchev–Trinajstić information content (AvgIpc) is 2.19. The Balaban J connectivity index is 2.73. The molecule has 0 saturated heterocycles. The zero-order valence-electron chi connectivity index (χ0n) is 8.22. The summed E-state index contributed by atoms with van der Waals surface area (Å²) in [5, 5.41) is 6.01. The smallest absolute Gasteiger partial charge is 0.133 e. The Bertz CT molecular complexity index is 499. The molecular formula is C11H10BrClN2. The first kappa shape index (κ1) is 10.7. The number of aromatic nitrogens is 1. The van der Waals surface area contributed by atoms with Gasteiger partial charge < -0.3 is 5.32 Å². The highest BCUT2D eigenvalue weighted by Crippen LogP contribution is 2.31. The molecular weight excluding hydrogens is 275 g/mol. The third kappa shape index (κ3) is 2.08. The third-order valence-electron chi connectivity index (χ3n) is 2.14. The lowest BCUT2D eigenvalue weighted by Gasteiger charge is -2.08. The molecule has 0 saturated carbocycles. The Labute approximate surface area is 102 Å². The minimum atomic E-state index is 0.737. The number of fused-ring (bicyclic) bond motifs is 1. The van der Waals surface area contributed by atoms with E-state index in [9.17, 15) is 0 Å². The van der Waals surface area contributed by atoms with Gasteiger partial charge in [-0.2, -0.15) is 0 Å². The molecule has 2 aromatic rings.